The lowest BCUT2D eigenvalue weighted by Gasteiger charge is -2.17. The molecule has 124 valence electrons. The van der Waals surface area contributed by atoms with Crippen molar-refractivity contribution in [1.29, 1.82) is 0 Å². The molecule has 4 nitrogen and oxygen atoms in total. The zero-order valence-corrected chi connectivity index (χ0v) is 14.6. The number of carbonyl (C=O) groups is 2. The molecule has 0 saturated carbocycles. The summed E-state index contributed by atoms with van der Waals surface area (Å²) in [6.07, 6.45) is 0.0791. The SMILES string of the molecule is Cc1cc(Br)ccc1NC(=O)C1CC(=O)N(c2ccccc2F)C1. The van der Waals surface area contributed by atoms with Crippen LogP contribution in [-0.2, 0) is 9.59 Å². The number of benzene rings is 2. The van der Waals surface area contributed by atoms with Gasteiger partial charge in [0.15, 0.2) is 0 Å². The van der Waals surface area contributed by atoms with E-state index >= 15 is 0 Å². The number of aryl methyl sites for hydroxylation is 1. The lowest BCUT2D eigenvalue weighted by Crippen LogP contribution is -2.28. The van der Waals surface area contributed by atoms with Crippen molar-refractivity contribution in [3.8, 4) is 0 Å². The molecule has 1 saturated heterocycles. The normalized spacial score (nSPS) is 17.2. The Labute approximate surface area is 147 Å². The number of nitrogens with one attached hydrogen (secondary N) is 1. The predicted octanol–water partition coefficient (Wildman–Crippen LogP) is 3.89. The number of rotatable bonds is 3. The Balaban J connectivity index is 1.73. The van der Waals surface area contributed by atoms with E-state index in [1.807, 2.05) is 25.1 Å². The second-order valence-electron chi connectivity index (χ2n) is 5.81. The van der Waals surface area contributed by atoms with Crippen LogP contribution in [0.15, 0.2) is 46.9 Å². The highest BCUT2D eigenvalue weighted by Gasteiger charge is 2.36. The molecule has 0 spiro atoms. The first kappa shape index (κ1) is 16.6. The van der Waals surface area contributed by atoms with Crippen LogP contribution in [0.25, 0.3) is 0 Å². The predicted molar refractivity (Wildman–Crippen MR) is 94.4 cm³/mol. The van der Waals surface area contributed by atoms with Gasteiger partial charge in [0.2, 0.25) is 11.8 Å². The van der Waals surface area contributed by atoms with Gasteiger partial charge in [-0.2, -0.15) is 0 Å². The van der Waals surface area contributed by atoms with E-state index in [4.69, 9.17) is 0 Å². The summed E-state index contributed by atoms with van der Waals surface area (Å²) < 4.78 is 14.8. The molecule has 2 aromatic carbocycles. The summed E-state index contributed by atoms with van der Waals surface area (Å²) in [4.78, 5) is 26.0. The van der Waals surface area contributed by atoms with Crippen LogP contribution in [0.2, 0.25) is 0 Å². The summed E-state index contributed by atoms with van der Waals surface area (Å²) in [7, 11) is 0. The van der Waals surface area contributed by atoms with Crippen molar-refractivity contribution in [3.63, 3.8) is 0 Å². The number of nitrogens with zero attached hydrogens (tertiary/aromatic N) is 1. The minimum absolute atomic E-state index is 0.0791. The maximum atomic E-state index is 13.9. The van der Waals surface area contributed by atoms with Crippen molar-refractivity contribution in [2.45, 2.75) is 13.3 Å². The Morgan fingerprint density at radius 3 is 2.75 bits per heavy atom. The van der Waals surface area contributed by atoms with Crippen LogP contribution in [0.5, 0.6) is 0 Å². The number of halogens is 2. The summed E-state index contributed by atoms with van der Waals surface area (Å²) in [5.74, 6) is -1.43. The zero-order valence-electron chi connectivity index (χ0n) is 13.1. The average Bonchev–Trinajstić information content (AvgIpc) is 2.92. The van der Waals surface area contributed by atoms with E-state index in [9.17, 15) is 14.0 Å². The average molecular weight is 391 g/mol. The van der Waals surface area contributed by atoms with E-state index in [2.05, 4.69) is 21.2 Å². The summed E-state index contributed by atoms with van der Waals surface area (Å²) >= 11 is 3.38. The first-order chi connectivity index (χ1) is 11.5. The van der Waals surface area contributed by atoms with Crippen molar-refractivity contribution in [2.24, 2.45) is 5.92 Å². The molecule has 1 unspecified atom stereocenters. The van der Waals surface area contributed by atoms with Crippen molar-refractivity contribution >= 4 is 39.1 Å². The maximum Gasteiger partial charge on any atom is 0.229 e. The van der Waals surface area contributed by atoms with Crippen LogP contribution in [0.3, 0.4) is 0 Å². The molecule has 1 heterocycles. The highest BCUT2D eigenvalue weighted by molar-refractivity contribution is 9.10. The minimum atomic E-state index is -0.500. The summed E-state index contributed by atoms with van der Waals surface area (Å²) in [6.45, 7) is 2.08. The van der Waals surface area contributed by atoms with E-state index in [-0.39, 0.29) is 30.5 Å². The van der Waals surface area contributed by atoms with Gasteiger partial charge in [-0.15, -0.1) is 0 Å². The van der Waals surface area contributed by atoms with E-state index < -0.39 is 11.7 Å². The van der Waals surface area contributed by atoms with E-state index in [1.165, 1.54) is 11.0 Å². The van der Waals surface area contributed by atoms with E-state index in [0.29, 0.717) is 5.69 Å². The van der Waals surface area contributed by atoms with Crippen molar-refractivity contribution in [1.82, 2.24) is 0 Å². The third kappa shape index (κ3) is 3.33. The Hall–Kier alpha value is -2.21. The monoisotopic (exact) mass is 390 g/mol. The maximum absolute atomic E-state index is 13.9. The zero-order chi connectivity index (χ0) is 17.3. The van der Waals surface area contributed by atoms with Gasteiger partial charge in [-0.05, 0) is 42.8 Å². The molecule has 2 aromatic rings. The fraction of sp³-hybridized carbons (Fsp3) is 0.222. The molecule has 1 fully saturated rings. The van der Waals surface area contributed by atoms with Gasteiger partial charge in [-0.25, -0.2) is 4.39 Å². The lowest BCUT2D eigenvalue weighted by molar-refractivity contribution is -0.122. The molecular formula is C18H16BrFN2O2. The standard InChI is InChI=1S/C18H16BrFN2O2/c1-11-8-13(19)6-7-15(11)21-18(24)12-9-17(23)22(10-12)16-5-3-2-4-14(16)20/h2-8,12H,9-10H2,1H3,(H,21,24). The minimum Gasteiger partial charge on any atom is -0.326 e. The fourth-order valence-electron chi connectivity index (χ4n) is 2.79. The molecular weight excluding hydrogens is 375 g/mol. The Morgan fingerprint density at radius 1 is 1.29 bits per heavy atom. The molecule has 1 aliphatic heterocycles. The first-order valence-electron chi connectivity index (χ1n) is 7.57. The third-order valence-corrected chi connectivity index (χ3v) is 4.58. The largest absolute Gasteiger partial charge is 0.326 e. The van der Waals surface area contributed by atoms with Gasteiger partial charge in [0.25, 0.3) is 0 Å². The summed E-state index contributed by atoms with van der Waals surface area (Å²) in [5, 5.41) is 2.85. The molecule has 6 heteroatoms. The number of amides is 2. The van der Waals surface area contributed by atoms with Crippen molar-refractivity contribution in [3.05, 3.63) is 58.3 Å². The van der Waals surface area contributed by atoms with Gasteiger partial charge in [0.1, 0.15) is 5.82 Å². The molecule has 0 bridgehead atoms. The number of hydrogen-bond acceptors (Lipinski definition) is 2. The number of anilines is 2. The Bertz CT molecular complexity index is 809. The van der Waals surface area contributed by atoms with Gasteiger partial charge in [-0.3, -0.25) is 9.59 Å². The number of para-hydroxylation sites is 1. The van der Waals surface area contributed by atoms with Gasteiger partial charge < -0.3 is 10.2 Å². The molecule has 2 amide bonds. The quantitative estimate of drug-likeness (QED) is 0.863. The van der Waals surface area contributed by atoms with Crippen LogP contribution >= 0.6 is 15.9 Å². The second-order valence-corrected chi connectivity index (χ2v) is 6.72. The smallest absolute Gasteiger partial charge is 0.229 e. The second kappa shape index (κ2) is 6.73. The lowest BCUT2D eigenvalue weighted by atomic mass is 10.1. The van der Waals surface area contributed by atoms with Gasteiger partial charge >= 0.3 is 0 Å². The molecule has 0 radical (unpaired) electrons. The van der Waals surface area contributed by atoms with Crippen LogP contribution in [0.1, 0.15) is 12.0 Å². The van der Waals surface area contributed by atoms with Gasteiger partial charge in [-0.1, -0.05) is 28.1 Å². The summed E-state index contributed by atoms with van der Waals surface area (Å²) in [6, 6.07) is 11.6. The van der Waals surface area contributed by atoms with E-state index in [0.717, 1.165) is 10.0 Å². The fourth-order valence-corrected chi connectivity index (χ4v) is 3.26. The first-order valence-corrected chi connectivity index (χ1v) is 8.37. The van der Waals surface area contributed by atoms with Crippen LogP contribution in [-0.4, -0.2) is 18.4 Å². The van der Waals surface area contributed by atoms with Crippen LogP contribution in [0, 0.1) is 18.7 Å². The molecule has 1 atom stereocenters. The highest BCUT2D eigenvalue weighted by atomic mass is 79.9. The van der Waals surface area contributed by atoms with E-state index in [1.54, 1.807) is 18.2 Å². The van der Waals surface area contributed by atoms with Crippen molar-refractivity contribution in [2.75, 3.05) is 16.8 Å². The van der Waals surface area contributed by atoms with Crippen LogP contribution in [0.4, 0.5) is 15.8 Å². The molecule has 0 aromatic heterocycles. The van der Waals surface area contributed by atoms with Gasteiger partial charge in [0, 0.05) is 23.1 Å². The highest BCUT2D eigenvalue weighted by Crippen LogP contribution is 2.28. The molecule has 1 N–H and O–H groups in total. The third-order valence-electron chi connectivity index (χ3n) is 4.09. The Kier molecular flexibility index (Phi) is 4.66. The molecule has 1 aliphatic rings. The molecule has 24 heavy (non-hydrogen) atoms. The van der Waals surface area contributed by atoms with Crippen molar-refractivity contribution < 1.29 is 14.0 Å². The molecule has 3 rings (SSSR count). The molecule has 0 aliphatic carbocycles. The number of carbonyl (C=O) groups excluding carboxylic acids is 2. The Morgan fingerprint density at radius 2 is 2.04 bits per heavy atom. The topological polar surface area (TPSA) is 49.4 Å². The summed E-state index contributed by atoms with van der Waals surface area (Å²) in [5.41, 5.74) is 1.85. The number of hydrogen-bond donors (Lipinski definition) is 1. The van der Waals surface area contributed by atoms with Crippen LogP contribution < -0.4 is 10.2 Å². The van der Waals surface area contributed by atoms with Gasteiger partial charge in [0.05, 0.1) is 11.6 Å².